The molecule has 0 aliphatic rings. The van der Waals surface area contributed by atoms with Crippen LogP contribution in [0.4, 0.5) is 0 Å². The summed E-state index contributed by atoms with van der Waals surface area (Å²) >= 11 is 0. The Hall–Kier alpha value is -3.47. The Morgan fingerprint density at radius 2 is 1.69 bits per heavy atom. The Bertz CT molecular complexity index is 1050. The highest BCUT2D eigenvalue weighted by Gasteiger charge is 2.09. The van der Waals surface area contributed by atoms with Gasteiger partial charge in [0.25, 0.3) is 0 Å². The predicted molar refractivity (Wildman–Crippen MR) is 99.2 cm³/mol. The van der Waals surface area contributed by atoms with Gasteiger partial charge in [-0.3, -0.25) is 0 Å². The second-order valence-corrected chi connectivity index (χ2v) is 6.14. The van der Waals surface area contributed by atoms with Gasteiger partial charge in [0.05, 0.1) is 17.6 Å². The minimum Gasteiger partial charge on any atom is -0.423 e. The molecule has 3 aromatic carbocycles. The number of fused-ring (bicyclic) bond motifs is 1. The summed E-state index contributed by atoms with van der Waals surface area (Å²) in [6.07, 6.45) is 0. The van der Waals surface area contributed by atoms with Gasteiger partial charge in [-0.1, -0.05) is 47.2 Å². The number of nitrogens with zero attached hydrogens (tertiary/aromatic N) is 3. The van der Waals surface area contributed by atoms with Crippen molar-refractivity contribution >= 4 is 17.0 Å². The van der Waals surface area contributed by atoms with Crippen molar-refractivity contribution in [3.05, 3.63) is 89.5 Å². The first-order chi connectivity index (χ1) is 12.7. The van der Waals surface area contributed by atoms with Gasteiger partial charge in [0.1, 0.15) is 11.3 Å². The van der Waals surface area contributed by atoms with Gasteiger partial charge >= 0.3 is 5.97 Å². The second kappa shape index (κ2) is 6.80. The smallest absolute Gasteiger partial charge is 0.343 e. The molecule has 128 valence electrons. The van der Waals surface area contributed by atoms with Gasteiger partial charge < -0.3 is 4.74 Å². The molecule has 1 aromatic heterocycles. The van der Waals surface area contributed by atoms with Gasteiger partial charge in [0.15, 0.2) is 0 Å². The maximum absolute atomic E-state index is 12.3. The highest BCUT2D eigenvalue weighted by atomic mass is 16.5. The Morgan fingerprint density at radius 3 is 2.46 bits per heavy atom. The number of hydrogen-bond donors (Lipinski definition) is 0. The maximum atomic E-state index is 12.3. The van der Waals surface area contributed by atoms with E-state index in [1.165, 1.54) is 0 Å². The molecule has 0 unspecified atom stereocenters. The number of hydrogen-bond acceptors (Lipinski definition) is 4. The lowest BCUT2D eigenvalue weighted by Crippen LogP contribution is -2.09. The van der Waals surface area contributed by atoms with Crippen molar-refractivity contribution in [1.29, 1.82) is 0 Å². The fourth-order valence-corrected chi connectivity index (χ4v) is 2.73. The summed E-state index contributed by atoms with van der Waals surface area (Å²) in [5, 5.41) is 8.34. The first-order valence-electron chi connectivity index (χ1n) is 8.35. The molecule has 0 spiro atoms. The lowest BCUT2D eigenvalue weighted by Gasteiger charge is -2.06. The average Bonchev–Trinajstić information content (AvgIpc) is 3.07. The first-order valence-corrected chi connectivity index (χ1v) is 8.35. The summed E-state index contributed by atoms with van der Waals surface area (Å²) in [5.41, 5.74) is 4.52. The van der Waals surface area contributed by atoms with E-state index in [-0.39, 0.29) is 5.97 Å². The van der Waals surface area contributed by atoms with Gasteiger partial charge in [0.2, 0.25) is 0 Å². The van der Waals surface area contributed by atoms with Crippen molar-refractivity contribution < 1.29 is 9.53 Å². The van der Waals surface area contributed by atoms with Crippen LogP contribution < -0.4 is 4.74 Å². The summed E-state index contributed by atoms with van der Waals surface area (Å²) in [7, 11) is 0. The lowest BCUT2D eigenvalue weighted by atomic mass is 10.1. The number of rotatable bonds is 4. The fourth-order valence-electron chi connectivity index (χ4n) is 2.73. The zero-order valence-corrected chi connectivity index (χ0v) is 14.3. The Labute approximate surface area is 150 Å². The fraction of sp³-hybridized carbons (Fsp3) is 0.0952. The molecule has 0 N–H and O–H groups in total. The van der Waals surface area contributed by atoms with Crippen LogP contribution >= 0.6 is 0 Å². The van der Waals surface area contributed by atoms with E-state index < -0.39 is 0 Å². The van der Waals surface area contributed by atoms with E-state index in [0.717, 1.165) is 22.2 Å². The van der Waals surface area contributed by atoms with Crippen molar-refractivity contribution in [3.8, 4) is 5.75 Å². The van der Waals surface area contributed by atoms with Crippen molar-refractivity contribution in [3.63, 3.8) is 0 Å². The zero-order chi connectivity index (χ0) is 17.9. The van der Waals surface area contributed by atoms with E-state index >= 15 is 0 Å². The average molecular weight is 343 g/mol. The Balaban J connectivity index is 1.47. The van der Waals surface area contributed by atoms with Crippen LogP contribution in [0, 0.1) is 6.92 Å². The van der Waals surface area contributed by atoms with Gasteiger partial charge in [-0.2, -0.15) is 0 Å². The molecule has 4 aromatic rings. The third-order valence-corrected chi connectivity index (χ3v) is 4.17. The van der Waals surface area contributed by atoms with Crippen molar-refractivity contribution in [2.24, 2.45) is 0 Å². The van der Waals surface area contributed by atoms with E-state index in [2.05, 4.69) is 10.3 Å². The largest absolute Gasteiger partial charge is 0.423 e. The van der Waals surface area contributed by atoms with Crippen molar-refractivity contribution in [2.75, 3.05) is 0 Å². The summed E-state index contributed by atoms with van der Waals surface area (Å²) < 4.78 is 7.23. The van der Waals surface area contributed by atoms with Crippen LogP contribution in [0.1, 0.15) is 21.5 Å². The molecule has 0 amide bonds. The molecule has 26 heavy (non-hydrogen) atoms. The van der Waals surface area contributed by atoms with Gasteiger partial charge in [-0.15, -0.1) is 5.10 Å². The number of carbonyl (C=O) groups excluding carboxylic acids is 1. The van der Waals surface area contributed by atoms with Crippen LogP contribution in [0.2, 0.25) is 0 Å². The molecule has 0 atom stereocenters. The number of ether oxygens (including phenoxy) is 1. The maximum Gasteiger partial charge on any atom is 0.343 e. The van der Waals surface area contributed by atoms with E-state index in [1.54, 1.807) is 24.3 Å². The normalized spacial score (nSPS) is 10.8. The SMILES string of the molecule is Cc1ccc(OC(=O)c2ccc(Cn3nnc4ccccc43)cc2)cc1. The molecule has 4 rings (SSSR count). The quantitative estimate of drug-likeness (QED) is 0.415. The number of para-hydroxylation sites is 1. The van der Waals surface area contributed by atoms with E-state index in [9.17, 15) is 4.79 Å². The van der Waals surface area contributed by atoms with Gasteiger partial charge in [-0.25, -0.2) is 9.48 Å². The van der Waals surface area contributed by atoms with Gasteiger partial charge in [-0.05, 0) is 48.9 Å². The molecule has 5 heteroatoms. The molecular weight excluding hydrogens is 326 g/mol. The van der Waals surface area contributed by atoms with Crippen LogP contribution in [-0.2, 0) is 6.54 Å². The van der Waals surface area contributed by atoms with E-state index in [0.29, 0.717) is 17.9 Å². The Morgan fingerprint density at radius 1 is 0.962 bits per heavy atom. The van der Waals surface area contributed by atoms with Gasteiger partial charge in [0, 0.05) is 0 Å². The monoisotopic (exact) mass is 343 g/mol. The number of carbonyl (C=O) groups is 1. The molecule has 0 radical (unpaired) electrons. The van der Waals surface area contributed by atoms with Crippen LogP contribution in [0.25, 0.3) is 11.0 Å². The molecular formula is C21H17N3O2. The molecule has 0 saturated heterocycles. The van der Waals surface area contributed by atoms with Crippen LogP contribution in [0.5, 0.6) is 5.75 Å². The van der Waals surface area contributed by atoms with Crippen LogP contribution in [0.15, 0.2) is 72.8 Å². The second-order valence-electron chi connectivity index (χ2n) is 6.14. The lowest BCUT2D eigenvalue weighted by molar-refractivity contribution is 0.0734. The number of aryl methyl sites for hydroxylation is 1. The summed E-state index contributed by atoms with van der Waals surface area (Å²) in [4.78, 5) is 12.3. The van der Waals surface area contributed by atoms with E-state index in [4.69, 9.17) is 4.74 Å². The standard InChI is InChI=1S/C21H17N3O2/c1-15-6-12-18(13-7-15)26-21(25)17-10-8-16(9-11-17)14-24-20-5-3-2-4-19(20)22-23-24/h2-13H,14H2,1H3. The minimum atomic E-state index is -0.369. The number of esters is 1. The Kier molecular flexibility index (Phi) is 4.19. The molecule has 0 aliphatic heterocycles. The van der Waals surface area contributed by atoms with Crippen molar-refractivity contribution in [1.82, 2.24) is 15.0 Å². The molecule has 1 heterocycles. The van der Waals surface area contributed by atoms with Crippen molar-refractivity contribution in [2.45, 2.75) is 13.5 Å². The molecule has 0 saturated carbocycles. The summed E-state index contributed by atoms with van der Waals surface area (Å²) in [5.74, 6) is 0.172. The first kappa shape index (κ1) is 16.0. The van der Waals surface area contributed by atoms with Crippen LogP contribution in [-0.4, -0.2) is 21.0 Å². The zero-order valence-electron chi connectivity index (χ0n) is 14.3. The third-order valence-electron chi connectivity index (χ3n) is 4.17. The third kappa shape index (κ3) is 3.32. The molecule has 0 fully saturated rings. The summed E-state index contributed by atoms with van der Waals surface area (Å²) in [6.45, 7) is 2.58. The number of benzene rings is 3. The predicted octanol–water partition coefficient (Wildman–Crippen LogP) is 4.01. The topological polar surface area (TPSA) is 57.0 Å². The number of aromatic nitrogens is 3. The van der Waals surface area contributed by atoms with E-state index in [1.807, 2.05) is 60.1 Å². The molecule has 5 nitrogen and oxygen atoms in total. The molecule has 0 bridgehead atoms. The minimum absolute atomic E-state index is 0.369. The van der Waals surface area contributed by atoms with Crippen LogP contribution in [0.3, 0.4) is 0 Å². The highest BCUT2D eigenvalue weighted by molar-refractivity contribution is 5.91. The highest BCUT2D eigenvalue weighted by Crippen LogP contribution is 2.16. The summed E-state index contributed by atoms with van der Waals surface area (Å²) in [6, 6.07) is 22.6. The molecule has 0 aliphatic carbocycles.